The smallest absolute Gasteiger partial charge is 0.0886 e. The van der Waals surface area contributed by atoms with Gasteiger partial charge in [0.25, 0.3) is 0 Å². The first-order valence-corrected chi connectivity index (χ1v) is 6.39. The maximum absolute atomic E-state index is 9.98. The molecule has 0 saturated heterocycles. The first-order valence-electron chi connectivity index (χ1n) is 4.84. The Balaban J connectivity index is 2.33. The van der Waals surface area contributed by atoms with Gasteiger partial charge in [-0.05, 0) is 18.2 Å². The van der Waals surface area contributed by atoms with Gasteiger partial charge in [0.15, 0.2) is 0 Å². The van der Waals surface area contributed by atoms with Crippen LogP contribution in [0.4, 0.5) is 5.69 Å². The Hall–Kier alpha value is -1.49. The van der Waals surface area contributed by atoms with Gasteiger partial charge in [-0.25, -0.2) is 0 Å². The van der Waals surface area contributed by atoms with Crippen LogP contribution in [0.2, 0.25) is 0 Å². The lowest BCUT2D eigenvalue weighted by Gasteiger charge is -2.39. The molecule has 0 spiro atoms. The third-order valence-electron chi connectivity index (χ3n) is 2.60. The van der Waals surface area contributed by atoms with Gasteiger partial charge in [0.2, 0.25) is 0 Å². The van der Waals surface area contributed by atoms with E-state index in [4.69, 9.17) is 0 Å². The van der Waals surface area contributed by atoms with Crippen LogP contribution in [-0.4, -0.2) is 9.11 Å². The molecule has 0 amide bonds. The summed E-state index contributed by atoms with van der Waals surface area (Å²) in [7, 11) is -2.94. The highest BCUT2D eigenvalue weighted by molar-refractivity contribution is 8.25. The third kappa shape index (κ3) is 1.31. The summed E-state index contributed by atoms with van der Waals surface area (Å²) in [6, 6.07) is 15.7. The average Bonchev–Trinajstić information content (AvgIpc) is 2.29. The molecule has 1 heterocycles. The van der Waals surface area contributed by atoms with Gasteiger partial charge in [0.05, 0.1) is 10.6 Å². The van der Waals surface area contributed by atoms with Crippen LogP contribution in [0.25, 0.3) is 11.1 Å². The summed E-state index contributed by atoms with van der Waals surface area (Å²) >= 11 is 0. The standard InChI is InChI=1S/C12H10NO2S/c14-16(15)12-8-4-2-6-10(12)9-5-1-3-7-11(9)13-16/h1-3,5-8,13-15H. The molecule has 4 heteroatoms. The molecule has 3 rings (SSSR count). The normalized spacial score (nSPS) is 17.9. The Bertz CT molecular complexity index is 554. The topological polar surface area (TPSA) is 52.5 Å². The molecule has 0 saturated carbocycles. The molecule has 1 aliphatic heterocycles. The van der Waals surface area contributed by atoms with E-state index in [1.807, 2.05) is 30.3 Å². The van der Waals surface area contributed by atoms with Crippen molar-refractivity contribution >= 4 is 16.5 Å². The van der Waals surface area contributed by atoms with Crippen LogP contribution in [0.3, 0.4) is 0 Å². The van der Waals surface area contributed by atoms with Gasteiger partial charge in [-0.15, -0.1) is 0 Å². The Morgan fingerprint density at radius 3 is 2.75 bits per heavy atom. The quantitative estimate of drug-likeness (QED) is 0.650. The van der Waals surface area contributed by atoms with E-state index in [1.54, 1.807) is 12.1 Å². The molecule has 0 aliphatic carbocycles. The van der Waals surface area contributed by atoms with Crippen LogP contribution < -0.4 is 4.72 Å². The molecule has 0 atom stereocenters. The number of nitrogens with one attached hydrogen (secondary N) is 1. The van der Waals surface area contributed by atoms with E-state index in [0.29, 0.717) is 4.90 Å². The van der Waals surface area contributed by atoms with E-state index < -0.39 is 10.8 Å². The van der Waals surface area contributed by atoms with Gasteiger partial charge < -0.3 is 0 Å². The van der Waals surface area contributed by atoms with Gasteiger partial charge >= 0.3 is 0 Å². The summed E-state index contributed by atoms with van der Waals surface area (Å²) < 4.78 is 22.7. The molecule has 16 heavy (non-hydrogen) atoms. The fourth-order valence-corrected chi connectivity index (χ4v) is 3.20. The highest BCUT2D eigenvalue weighted by atomic mass is 32.3. The molecule has 0 bridgehead atoms. The van der Waals surface area contributed by atoms with E-state index in [-0.39, 0.29) is 0 Å². The molecule has 81 valence electrons. The molecule has 1 aliphatic rings. The van der Waals surface area contributed by atoms with Gasteiger partial charge in [-0.1, -0.05) is 41.1 Å². The molecular formula is C12H10NO2S. The van der Waals surface area contributed by atoms with E-state index >= 15 is 0 Å². The number of benzene rings is 2. The summed E-state index contributed by atoms with van der Waals surface area (Å²) in [6.45, 7) is 0. The van der Waals surface area contributed by atoms with Crippen LogP contribution in [0.5, 0.6) is 0 Å². The predicted octanol–water partition coefficient (Wildman–Crippen LogP) is 3.60. The summed E-state index contributed by atoms with van der Waals surface area (Å²) in [5.41, 5.74) is 2.59. The van der Waals surface area contributed by atoms with Crippen LogP contribution in [0.15, 0.2) is 47.4 Å². The van der Waals surface area contributed by atoms with E-state index in [2.05, 4.69) is 10.8 Å². The maximum Gasteiger partial charge on any atom is 0.0886 e. The summed E-state index contributed by atoms with van der Waals surface area (Å²) in [6.07, 6.45) is 0. The van der Waals surface area contributed by atoms with Crippen LogP contribution >= 0.6 is 10.8 Å². The molecular weight excluding hydrogens is 222 g/mol. The fraction of sp³-hybridized carbons (Fsp3) is 0. The minimum Gasteiger partial charge on any atom is -0.280 e. The number of anilines is 1. The Morgan fingerprint density at radius 2 is 1.88 bits per heavy atom. The minimum atomic E-state index is -2.94. The van der Waals surface area contributed by atoms with Crippen molar-refractivity contribution in [1.82, 2.24) is 0 Å². The Morgan fingerprint density at radius 1 is 1.06 bits per heavy atom. The number of hydrogen-bond acceptors (Lipinski definition) is 3. The third-order valence-corrected chi connectivity index (χ3v) is 4.06. The summed E-state index contributed by atoms with van der Waals surface area (Å²) in [5, 5.41) is 0. The largest absolute Gasteiger partial charge is 0.280 e. The minimum absolute atomic E-state index is 0.508. The average molecular weight is 232 g/mol. The second-order valence-corrected chi connectivity index (χ2v) is 5.36. The Kier molecular flexibility index (Phi) is 1.97. The number of fused-ring (bicyclic) bond motifs is 3. The van der Waals surface area contributed by atoms with Crippen molar-refractivity contribution in [3.8, 4) is 11.1 Å². The second kappa shape index (κ2) is 3.25. The monoisotopic (exact) mass is 232 g/mol. The van der Waals surface area contributed by atoms with Gasteiger partial charge in [0.1, 0.15) is 0 Å². The molecule has 0 unspecified atom stereocenters. The van der Waals surface area contributed by atoms with Crippen molar-refractivity contribution in [3.63, 3.8) is 0 Å². The lowest BCUT2D eigenvalue weighted by molar-refractivity contribution is 0.494. The summed E-state index contributed by atoms with van der Waals surface area (Å²) in [4.78, 5) is 0.508. The molecule has 2 aromatic rings. The zero-order valence-electron chi connectivity index (χ0n) is 8.34. The van der Waals surface area contributed by atoms with Crippen molar-refractivity contribution in [2.45, 2.75) is 4.90 Å². The highest BCUT2D eigenvalue weighted by Crippen LogP contribution is 2.56. The number of hydrogen-bond donors (Lipinski definition) is 3. The van der Waals surface area contributed by atoms with Crippen LogP contribution in [-0.2, 0) is 0 Å². The van der Waals surface area contributed by atoms with E-state index in [9.17, 15) is 9.11 Å². The fourth-order valence-electron chi connectivity index (χ4n) is 1.89. The lowest BCUT2D eigenvalue weighted by atomic mass is 10.0. The maximum atomic E-state index is 9.98. The SMILES string of the molecule is OS1(O)Nc2ccccc2-c2cc[c]cc21. The van der Waals surface area contributed by atoms with Gasteiger partial charge in [-0.2, -0.15) is 0 Å². The van der Waals surface area contributed by atoms with Gasteiger partial charge in [0, 0.05) is 11.1 Å². The molecule has 2 aromatic carbocycles. The van der Waals surface area contributed by atoms with Crippen LogP contribution in [0, 0.1) is 6.07 Å². The molecule has 3 N–H and O–H groups in total. The van der Waals surface area contributed by atoms with E-state index in [0.717, 1.165) is 16.8 Å². The second-order valence-electron chi connectivity index (χ2n) is 3.62. The van der Waals surface area contributed by atoms with Crippen molar-refractivity contribution in [1.29, 1.82) is 0 Å². The number of para-hydroxylation sites is 1. The molecule has 0 aromatic heterocycles. The predicted molar refractivity (Wildman–Crippen MR) is 65.5 cm³/mol. The number of rotatable bonds is 0. The van der Waals surface area contributed by atoms with Gasteiger partial charge in [-0.3, -0.25) is 13.8 Å². The molecule has 3 nitrogen and oxygen atoms in total. The van der Waals surface area contributed by atoms with Crippen molar-refractivity contribution in [3.05, 3.63) is 48.5 Å². The van der Waals surface area contributed by atoms with Crippen molar-refractivity contribution in [2.75, 3.05) is 4.72 Å². The first kappa shape index (κ1) is 9.72. The van der Waals surface area contributed by atoms with Crippen molar-refractivity contribution < 1.29 is 9.11 Å². The zero-order valence-corrected chi connectivity index (χ0v) is 9.16. The van der Waals surface area contributed by atoms with E-state index in [1.165, 1.54) is 0 Å². The molecule has 0 fully saturated rings. The Labute approximate surface area is 95.2 Å². The van der Waals surface area contributed by atoms with Crippen molar-refractivity contribution in [2.24, 2.45) is 0 Å². The lowest BCUT2D eigenvalue weighted by Crippen LogP contribution is -2.15. The summed E-state index contributed by atoms with van der Waals surface area (Å²) in [5.74, 6) is 0. The highest BCUT2D eigenvalue weighted by Gasteiger charge is 2.26. The zero-order chi connectivity index (χ0) is 11.2. The van der Waals surface area contributed by atoms with Crippen LogP contribution in [0.1, 0.15) is 0 Å². The first-order chi connectivity index (χ1) is 7.68. The molecule has 1 radical (unpaired) electrons.